The lowest BCUT2D eigenvalue weighted by atomic mass is 9.94. The summed E-state index contributed by atoms with van der Waals surface area (Å²) in [5.74, 6) is 3.18. The van der Waals surface area contributed by atoms with Crippen LogP contribution < -0.4 is 18.8 Å². The number of pyridine rings is 1. The van der Waals surface area contributed by atoms with Crippen molar-refractivity contribution in [2.24, 2.45) is 0 Å². The number of ether oxygens (including phenoxy) is 3. The average molecular weight is 430 g/mol. The van der Waals surface area contributed by atoms with E-state index in [1.807, 2.05) is 32.3 Å². The second-order valence-electron chi connectivity index (χ2n) is 8.44. The summed E-state index contributed by atoms with van der Waals surface area (Å²) in [4.78, 5) is 4.53. The van der Waals surface area contributed by atoms with Gasteiger partial charge in [-0.05, 0) is 43.2 Å². The molecule has 0 radical (unpaired) electrons. The Bertz CT molecular complexity index is 1410. The molecule has 2 aliphatic heterocycles. The molecule has 2 aromatic heterocycles. The van der Waals surface area contributed by atoms with Gasteiger partial charge in [-0.1, -0.05) is 0 Å². The van der Waals surface area contributed by atoms with Crippen LogP contribution in [-0.4, -0.2) is 28.6 Å². The van der Waals surface area contributed by atoms with Gasteiger partial charge in [0.15, 0.2) is 35.7 Å². The molecule has 0 spiro atoms. The number of imidazole rings is 1. The summed E-state index contributed by atoms with van der Waals surface area (Å²) < 4.78 is 21.0. The van der Waals surface area contributed by atoms with Gasteiger partial charge in [-0.25, -0.2) is 4.98 Å². The van der Waals surface area contributed by atoms with Crippen LogP contribution in [0.25, 0.3) is 22.0 Å². The summed E-state index contributed by atoms with van der Waals surface area (Å²) in [6.45, 7) is 5.72. The van der Waals surface area contributed by atoms with Gasteiger partial charge in [-0.15, -0.1) is 0 Å². The van der Waals surface area contributed by atoms with Gasteiger partial charge in [0.25, 0.3) is 0 Å². The number of phenols is 1. The second-order valence-corrected chi connectivity index (χ2v) is 8.44. The first-order valence-electron chi connectivity index (χ1n) is 10.7. The van der Waals surface area contributed by atoms with Crippen molar-refractivity contribution in [3.8, 4) is 34.3 Å². The molecule has 162 valence electrons. The van der Waals surface area contributed by atoms with E-state index in [0.29, 0.717) is 12.3 Å². The first-order chi connectivity index (χ1) is 15.5. The molecule has 0 saturated heterocycles. The number of methoxy groups -OCH3 is 1. The maximum absolute atomic E-state index is 10.9. The smallest absolute Gasteiger partial charge is 0.231 e. The van der Waals surface area contributed by atoms with E-state index in [-0.39, 0.29) is 12.5 Å². The molecule has 6 rings (SSSR count). The van der Waals surface area contributed by atoms with Crippen LogP contribution in [0.15, 0.2) is 36.7 Å². The molecule has 2 aliphatic rings. The zero-order chi connectivity index (χ0) is 22.0. The van der Waals surface area contributed by atoms with Crippen molar-refractivity contribution >= 4 is 10.8 Å². The third kappa shape index (κ3) is 2.81. The lowest BCUT2D eigenvalue weighted by Gasteiger charge is -2.18. The van der Waals surface area contributed by atoms with Gasteiger partial charge in [-0.3, -0.25) is 0 Å². The highest BCUT2D eigenvalue weighted by Crippen LogP contribution is 2.42. The van der Waals surface area contributed by atoms with E-state index in [1.165, 1.54) is 5.56 Å². The normalized spacial score (nSPS) is 13.8. The number of hydrogen-bond donors (Lipinski definition) is 1. The molecule has 32 heavy (non-hydrogen) atoms. The molecule has 0 fully saturated rings. The van der Waals surface area contributed by atoms with E-state index in [2.05, 4.69) is 32.3 Å². The van der Waals surface area contributed by atoms with E-state index in [4.69, 9.17) is 14.2 Å². The standard InChI is InChI=1S/C25H23N3O4/c1-14-10-28(15(2)26-14)11-17-7-24(30-3)25(29)20-12-27-5-4-16-6-22-23(32-13-31-22)9-19(16)21(27)8-18(17)20/h6-10,12H,4-5,11,13H2,1-3H3/p+1. The molecule has 0 saturated carbocycles. The van der Waals surface area contributed by atoms with Crippen LogP contribution in [-0.2, 0) is 19.5 Å². The molecule has 1 N–H and O–H groups in total. The number of hydrogen-bond acceptors (Lipinski definition) is 5. The Morgan fingerprint density at radius 3 is 2.69 bits per heavy atom. The summed E-state index contributed by atoms with van der Waals surface area (Å²) in [6, 6.07) is 8.26. The monoisotopic (exact) mass is 430 g/mol. The number of nitrogens with zero attached hydrogens (tertiary/aromatic N) is 3. The number of aromatic nitrogens is 3. The molecule has 0 bridgehead atoms. The Kier molecular flexibility index (Phi) is 4.08. The predicted octanol–water partition coefficient (Wildman–Crippen LogP) is 3.65. The van der Waals surface area contributed by atoms with Gasteiger partial charge in [0, 0.05) is 30.6 Å². The zero-order valence-electron chi connectivity index (χ0n) is 18.3. The minimum Gasteiger partial charge on any atom is -0.504 e. The van der Waals surface area contributed by atoms with E-state index in [1.54, 1.807) is 7.11 Å². The quantitative estimate of drug-likeness (QED) is 0.503. The molecule has 0 unspecified atom stereocenters. The Morgan fingerprint density at radius 2 is 1.94 bits per heavy atom. The Hall–Kier alpha value is -3.74. The number of fused-ring (bicyclic) bond motifs is 5. The lowest BCUT2D eigenvalue weighted by molar-refractivity contribution is -0.686. The molecule has 4 aromatic rings. The molecule has 7 heteroatoms. The van der Waals surface area contributed by atoms with Crippen molar-refractivity contribution in [3.63, 3.8) is 0 Å². The summed E-state index contributed by atoms with van der Waals surface area (Å²) >= 11 is 0. The first kappa shape index (κ1) is 19.0. The Labute approximate surface area is 185 Å². The molecule has 0 atom stereocenters. The third-order valence-electron chi connectivity index (χ3n) is 6.46. The van der Waals surface area contributed by atoms with Gasteiger partial charge < -0.3 is 23.9 Å². The van der Waals surface area contributed by atoms with E-state index >= 15 is 0 Å². The van der Waals surface area contributed by atoms with Crippen LogP contribution in [0.3, 0.4) is 0 Å². The van der Waals surface area contributed by atoms with Gasteiger partial charge in [0.2, 0.25) is 12.5 Å². The number of aryl methyl sites for hydroxylation is 4. The first-order valence-corrected chi connectivity index (χ1v) is 10.7. The van der Waals surface area contributed by atoms with Crippen LogP contribution in [0.5, 0.6) is 23.0 Å². The topological polar surface area (TPSA) is 69.6 Å². The molecular weight excluding hydrogens is 406 g/mol. The van der Waals surface area contributed by atoms with Gasteiger partial charge >= 0.3 is 0 Å². The molecular formula is C25H24N3O4+. The minimum atomic E-state index is 0.163. The number of phenolic OH excluding ortho intramolecular Hbond substituents is 1. The van der Waals surface area contributed by atoms with Crippen molar-refractivity contribution in [3.05, 3.63) is 59.3 Å². The highest BCUT2D eigenvalue weighted by atomic mass is 16.7. The molecule has 0 aliphatic carbocycles. The molecule has 0 amide bonds. The molecule has 4 heterocycles. The maximum Gasteiger partial charge on any atom is 0.231 e. The number of aromatic hydroxyl groups is 1. The predicted molar refractivity (Wildman–Crippen MR) is 118 cm³/mol. The minimum absolute atomic E-state index is 0.163. The van der Waals surface area contributed by atoms with Crippen LogP contribution >= 0.6 is 0 Å². The van der Waals surface area contributed by atoms with Crippen LogP contribution in [0.1, 0.15) is 22.6 Å². The van der Waals surface area contributed by atoms with Gasteiger partial charge in [0.1, 0.15) is 5.82 Å². The highest BCUT2D eigenvalue weighted by Gasteiger charge is 2.29. The van der Waals surface area contributed by atoms with Crippen molar-refractivity contribution in [1.29, 1.82) is 0 Å². The lowest BCUT2D eigenvalue weighted by Crippen LogP contribution is -2.40. The van der Waals surface area contributed by atoms with Crippen LogP contribution in [0.2, 0.25) is 0 Å². The van der Waals surface area contributed by atoms with Crippen molar-refractivity contribution in [2.45, 2.75) is 33.4 Å². The van der Waals surface area contributed by atoms with Crippen LogP contribution in [0.4, 0.5) is 0 Å². The van der Waals surface area contributed by atoms with E-state index in [9.17, 15) is 5.11 Å². The van der Waals surface area contributed by atoms with Crippen molar-refractivity contribution in [1.82, 2.24) is 9.55 Å². The maximum atomic E-state index is 10.9. The zero-order valence-corrected chi connectivity index (χ0v) is 18.3. The molecule has 2 aromatic carbocycles. The van der Waals surface area contributed by atoms with E-state index in [0.717, 1.165) is 63.6 Å². The largest absolute Gasteiger partial charge is 0.504 e. The van der Waals surface area contributed by atoms with Crippen molar-refractivity contribution < 1.29 is 23.9 Å². The third-order valence-corrected chi connectivity index (χ3v) is 6.46. The highest BCUT2D eigenvalue weighted by molar-refractivity contribution is 5.94. The summed E-state index contributed by atoms with van der Waals surface area (Å²) in [6.07, 6.45) is 4.97. The number of benzene rings is 2. The summed E-state index contributed by atoms with van der Waals surface area (Å²) in [5, 5.41) is 12.7. The van der Waals surface area contributed by atoms with Crippen LogP contribution in [0, 0.1) is 13.8 Å². The average Bonchev–Trinajstić information content (AvgIpc) is 3.37. The Balaban J connectivity index is 1.58. The fraction of sp³-hybridized carbons (Fsp3) is 0.280. The summed E-state index contributed by atoms with van der Waals surface area (Å²) in [7, 11) is 1.59. The SMILES string of the molecule is COc1cc(Cn2cc(C)nc2C)c2cc3[n+](cc2c1O)CCc1cc2c(cc1-3)OCO2. The van der Waals surface area contributed by atoms with E-state index < -0.39 is 0 Å². The second kappa shape index (κ2) is 6.88. The summed E-state index contributed by atoms with van der Waals surface area (Å²) in [5.41, 5.74) is 5.52. The fourth-order valence-corrected chi connectivity index (χ4v) is 4.87. The fourth-order valence-electron chi connectivity index (χ4n) is 4.87. The van der Waals surface area contributed by atoms with Gasteiger partial charge in [0.05, 0.1) is 23.8 Å². The Morgan fingerprint density at radius 1 is 1.12 bits per heavy atom. The van der Waals surface area contributed by atoms with Crippen molar-refractivity contribution in [2.75, 3.05) is 13.9 Å². The van der Waals surface area contributed by atoms with Gasteiger partial charge in [-0.2, -0.15) is 4.57 Å². The molecule has 7 nitrogen and oxygen atoms in total. The number of rotatable bonds is 3.